The van der Waals surface area contributed by atoms with Crippen molar-refractivity contribution in [3.63, 3.8) is 0 Å². The van der Waals surface area contributed by atoms with Gasteiger partial charge in [-0.1, -0.05) is 157 Å². The molecule has 2 nitrogen and oxygen atoms in total. The molecule has 0 spiro atoms. The van der Waals surface area contributed by atoms with E-state index in [-0.39, 0.29) is 11.6 Å². The average Bonchev–Trinajstić information content (AvgIpc) is 3.22. The summed E-state index contributed by atoms with van der Waals surface area (Å²) < 4.78 is 0. The van der Waals surface area contributed by atoms with Gasteiger partial charge < -0.3 is 0 Å². The van der Waals surface area contributed by atoms with Crippen LogP contribution >= 0.6 is 0 Å². The summed E-state index contributed by atoms with van der Waals surface area (Å²) in [6.45, 7) is 27.0. The van der Waals surface area contributed by atoms with Gasteiger partial charge in [0, 0.05) is 22.3 Å². The molecule has 2 rings (SSSR count). The van der Waals surface area contributed by atoms with Crippen LogP contribution in [-0.2, 0) is 0 Å². The van der Waals surface area contributed by atoms with E-state index in [2.05, 4.69) is 125 Å². The van der Waals surface area contributed by atoms with Crippen molar-refractivity contribution in [1.29, 1.82) is 0 Å². The highest BCUT2D eigenvalue weighted by Crippen LogP contribution is 2.29. The van der Waals surface area contributed by atoms with Gasteiger partial charge in [-0.15, -0.1) is 0 Å². The quantitative estimate of drug-likeness (QED) is 0.0697. The Balaban J connectivity index is 1.53. The van der Waals surface area contributed by atoms with Gasteiger partial charge in [0.2, 0.25) is 0 Å². The van der Waals surface area contributed by atoms with Gasteiger partial charge >= 0.3 is 0 Å². The zero-order valence-electron chi connectivity index (χ0n) is 42.7. The van der Waals surface area contributed by atoms with Crippen LogP contribution in [0.2, 0.25) is 0 Å². The van der Waals surface area contributed by atoms with Crippen molar-refractivity contribution < 1.29 is 9.59 Å². The maximum absolute atomic E-state index is 13.1. The third kappa shape index (κ3) is 24.8. The molecule has 1 aliphatic carbocycles. The van der Waals surface area contributed by atoms with Crippen LogP contribution < -0.4 is 0 Å². The zero-order chi connectivity index (χ0) is 46.6. The molecule has 1 aliphatic rings. The van der Waals surface area contributed by atoms with Crippen molar-refractivity contribution in [2.75, 3.05) is 0 Å². The largest absolute Gasteiger partial charge is 0.289 e. The summed E-state index contributed by atoms with van der Waals surface area (Å²) in [6, 6.07) is 7.21. The first kappa shape index (κ1) is 55.4. The third-order valence-corrected chi connectivity index (χ3v) is 13.2. The number of hydrogen-bond donors (Lipinski definition) is 0. The van der Waals surface area contributed by atoms with E-state index in [4.69, 9.17) is 0 Å². The number of benzene rings is 1. The number of allylic oxidation sites excluding steroid dienone is 18. The molecule has 0 aliphatic heterocycles. The summed E-state index contributed by atoms with van der Waals surface area (Å²) in [4.78, 5) is 25.9. The first-order valence-electron chi connectivity index (χ1n) is 25.2. The predicted octanol–water partition coefficient (Wildman–Crippen LogP) is 19.4. The molecule has 0 fully saturated rings. The van der Waals surface area contributed by atoms with Crippen molar-refractivity contribution in [2.45, 2.75) is 218 Å². The summed E-state index contributed by atoms with van der Waals surface area (Å²) in [5, 5.41) is 0. The van der Waals surface area contributed by atoms with Gasteiger partial charge in [-0.05, 0) is 190 Å². The van der Waals surface area contributed by atoms with Crippen molar-refractivity contribution in [2.24, 2.45) is 11.8 Å². The van der Waals surface area contributed by atoms with E-state index in [0.717, 1.165) is 50.4 Å². The van der Waals surface area contributed by atoms with E-state index < -0.39 is 0 Å². The van der Waals surface area contributed by atoms with Crippen LogP contribution in [0.25, 0.3) is 0 Å². The minimum atomic E-state index is -0.00908. The lowest BCUT2D eigenvalue weighted by Crippen LogP contribution is -2.20. The molecule has 2 unspecified atom stereocenters. The normalized spacial score (nSPS) is 15.9. The Morgan fingerprint density at radius 2 is 0.778 bits per heavy atom. The second-order valence-corrected chi connectivity index (χ2v) is 20.0. The van der Waals surface area contributed by atoms with E-state index in [0.29, 0.717) is 28.7 Å². The van der Waals surface area contributed by atoms with E-state index in [1.165, 1.54) is 134 Å². The zero-order valence-corrected chi connectivity index (χ0v) is 42.7. The van der Waals surface area contributed by atoms with Crippen LogP contribution in [0.15, 0.2) is 129 Å². The molecule has 0 saturated carbocycles. The minimum absolute atomic E-state index is 0.00860. The summed E-state index contributed by atoms with van der Waals surface area (Å²) in [7, 11) is 0. The fourth-order valence-corrected chi connectivity index (χ4v) is 8.55. The molecule has 63 heavy (non-hydrogen) atoms. The predicted molar refractivity (Wildman–Crippen MR) is 279 cm³/mol. The third-order valence-electron chi connectivity index (χ3n) is 13.2. The Labute approximate surface area is 389 Å². The molecular formula is C61H92O2. The van der Waals surface area contributed by atoms with Crippen molar-refractivity contribution >= 4 is 11.6 Å². The van der Waals surface area contributed by atoms with Crippen molar-refractivity contribution in [3.8, 4) is 0 Å². The second-order valence-electron chi connectivity index (χ2n) is 20.0. The maximum atomic E-state index is 13.1. The molecule has 2 heteroatoms. The van der Waals surface area contributed by atoms with Gasteiger partial charge in [0.15, 0.2) is 11.6 Å². The molecule has 348 valence electrons. The lowest BCUT2D eigenvalue weighted by atomic mass is 9.83. The molecule has 1 aromatic carbocycles. The molecule has 0 radical (unpaired) electrons. The fraction of sp³-hybridized carbons (Fsp3) is 0.574. The van der Waals surface area contributed by atoms with Crippen LogP contribution in [0.5, 0.6) is 0 Å². The van der Waals surface area contributed by atoms with Crippen LogP contribution in [-0.4, -0.2) is 11.6 Å². The number of ketones is 2. The van der Waals surface area contributed by atoms with Crippen LogP contribution in [0.4, 0.5) is 0 Å². The molecule has 2 atom stereocenters. The molecule has 0 N–H and O–H groups in total. The molecule has 0 saturated heterocycles. The average molecular weight is 857 g/mol. The maximum Gasteiger partial charge on any atom is 0.190 e. The lowest BCUT2D eigenvalue weighted by Gasteiger charge is -2.18. The molecule has 0 aromatic heterocycles. The van der Waals surface area contributed by atoms with E-state index >= 15 is 0 Å². The Hall–Kier alpha value is -3.78. The molecular weight excluding hydrogens is 765 g/mol. The van der Waals surface area contributed by atoms with Crippen LogP contribution in [0, 0.1) is 11.8 Å². The highest BCUT2D eigenvalue weighted by atomic mass is 16.1. The van der Waals surface area contributed by atoms with Gasteiger partial charge in [-0.25, -0.2) is 0 Å². The molecule has 0 heterocycles. The summed E-state index contributed by atoms with van der Waals surface area (Å²) in [5.41, 5.74) is 14.2. The van der Waals surface area contributed by atoms with E-state index in [1.54, 1.807) is 19.1 Å². The Morgan fingerprint density at radius 1 is 0.429 bits per heavy atom. The fourth-order valence-electron chi connectivity index (χ4n) is 8.55. The van der Waals surface area contributed by atoms with Gasteiger partial charge in [0.1, 0.15) is 0 Å². The number of rotatable bonds is 31. The highest BCUT2D eigenvalue weighted by molar-refractivity contribution is 6.26. The summed E-state index contributed by atoms with van der Waals surface area (Å²) in [6.07, 6.45) is 43.7. The number of fused-ring (bicyclic) bond motifs is 1. The number of carbonyl (C=O) groups excluding carboxylic acids is 2. The highest BCUT2D eigenvalue weighted by Gasteiger charge is 2.28. The number of hydrogen-bond acceptors (Lipinski definition) is 2. The first-order valence-corrected chi connectivity index (χ1v) is 25.2. The van der Waals surface area contributed by atoms with Gasteiger partial charge in [0.25, 0.3) is 0 Å². The summed E-state index contributed by atoms with van der Waals surface area (Å²) >= 11 is 0. The standard InChI is InChI=1S/C61H92O2/c1-46(2)24-15-25-47(3)26-16-27-48(4)28-17-29-49(5)30-18-31-50(6)32-19-33-51(7)34-20-35-52(8)36-21-37-53(9)38-22-39-54(10)40-23-41-55(11)44-45-57-56(12)60(62)58-42-13-14-43-59(58)61(57)63/h13-14,24,26,28,30,32,34,36,42-44,53-54H,15-23,25,27,29,31,33,35,37-41,45H2,1-12H3. The first-order chi connectivity index (χ1) is 30.1. The molecule has 1 aromatic rings. The van der Waals surface area contributed by atoms with Crippen LogP contribution in [0.1, 0.15) is 239 Å². The smallest absolute Gasteiger partial charge is 0.190 e. The monoisotopic (exact) mass is 857 g/mol. The van der Waals surface area contributed by atoms with Crippen molar-refractivity contribution in [1.82, 2.24) is 0 Å². The van der Waals surface area contributed by atoms with E-state index in [9.17, 15) is 9.59 Å². The van der Waals surface area contributed by atoms with Gasteiger partial charge in [-0.3, -0.25) is 9.59 Å². The Bertz CT molecular complexity index is 1850. The minimum Gasteiger partial charge on any atom is -0.289 e. The van der Waals surface area contributed by atoms with E-state index in [1.807, 2.05) is 12.1 Å². The molecule has 0 bridgehead atoms. The van der Waals surface area contributed by atoms with Gasteiger partial charge in [0.05, 0.1) is 0 Å². The molecule has 0 amide bonds. The van der Waals surface area contributed by atoms with Gasteiger partial charge in [-0.2, -0.15) is 0 Å². The lowest BCUT2D eigenvalue weighted by molar-refractivity contribution is 0.0973. The summed E-state index contributed by atoms with van der Waals surface area (Å²) in [5.74, 6) is 1.51. The van der Waals surface area contributed by atoms with Crippen LogP contribution in [0.3, 0.4) is 0 Å². The topological polar surface area (TPSA) is 34.1 Å². The number of carbonyl (C=O) groups is 2. The Morgan fingerprint density at radius 3 is 1.21 bits per heavy atom. The number of Topliss-reactive ketones (excluding diaryl/α,β-unsaturated/α-hetero) is 2. The Kier molecular flexibility index (Phi) is 28.1. The van der Waals surface area contributed by atoms with Crippen molar-refractivity contribution in [3.05, 3.63) is 140 Å². The second kappa shape index (κ2) is 32.0. The SMILES string of the molecule is CC(C)=CCCC(C)=CCCC(C)=CCCC(C)=CCCC(C)=CCCC(C)=CCCC(C)=CCCC(C)CCCC(C)CCCC(C)=CCC1=C(C)C(=O)c2ccccc2C1=O.